The second-order valence-corrected chi connectivity index (χ2v) is 5.53. The Morgan fingerprint density at radius 2 is 1.70 bits per heavy atom. The van der Waals surface area contributed by atoms with Crippen molar-refractivity contribution in [2.75, 3.05) is 7.11 Å². The van der Waals surface area contributed by atoms with Gasteiger partial charge in [0.1, 0.15) is 19.4 Å². The first-order valence-corrected chi connectivity index (χ1v) is 6.99. The van der Waals surface area contributed by atoms with Crippen molar-refractivity contribution in [2.24, 2.45) is 0 Å². The van der Waals surface area contributed by atoms with Gasteiger partial charge < -0.3 is 4.74 Å². The molecular formula is C17H15BF4O. The Labute approximate surface area is 133 Å². The Morgan fingerprint density at radius 3 is 2.17 bits per heavy atom. The van der Waals surface area contributed by atoms with Gasteiger partial charge >= 0.3 is 6.18 Å². The Morgan fingerprint density at radius 1 is 1.04 bits per heavy atom. The summed E-state index contributed by atoms with van der Waals surface area (Å²) in [5.41, 5.74) is 0.407. The lowest BCUT2D eigenvalue weighted by atomic mass is 9.84. The second-order valence-electron chi connectivity index (χ2n) is 5.53. The van der Waals surface area contributed by atoms with Crippen molar-refractivity contribution in [3.8, 4) is 16.9 Å². The highest BCUT2D eigenvalue weighted by molar-refractivity contribution is 6.36. The predicted octanol–water partition coefficient (Wildman–Crippen LogP) is 4.44. The standard InChI is InChI=1S/C17H15BF4O/c1-9(2)12-7-13(16(23-3)8-15(12)19)11-5-4-10(6-14(11)18)17(20,21)22/h4-9H,1-3H3. The van der Waals surface area contributed by atoms with E-state index in [1.54, 1.807) is 6.07 Å². The van der Waals surface area contributed by atoms with E-state index in [-0.39, 0.29) is 17.1 Å². The number of hydrogen-bond acceptors (Lipinski definition) is 1. The molecule has 0 aromatic heterocycles. The Bertz CT molecular complexity index is 723. The van der Waals surface area contributed by atoms with Crippen molar-refractivity contribution in [1.82, 2.24) is 0 Å². The van der Waals surface area contributed by atoms with E-state index in [0.29, 0.717) is 16.7 Å². The van der Waals surface area contributed by atoms with E-state index in [0.717, 1.165) is 12.1 Å². The minimum Gasteiger partial charge on any atom is -0.496 e. The Kier molecular flexibility index (Phi) is 4.73. The number of rotatable bonds is 3. The number of benzene rings is 2. The number of hydrogen-bond donors (Lipinski definition) is 0. The molecule has 0 bridgehead atoms. The molecular weight excluding hydrogens is 307 g/mol. The highest BCUT2D eigenvalue weighted by atomic mass is 19.4. The summed E-state index contributed by atoms with van der Waals surface area (Å²) in [6.45, 7) is 3.65. The summed E-state index contributed by atoms with van der Waals surface area (Å²) in [5, 5.41) is 0. The molecule has 0 fully saturated rings. The molecule has 2 radical (unpaired) electrons. The molecule has 1 nitrogen and oxygen atoms in total. The van der Waals surface area contributed by atoms with Crippen LogP contribution in [-0.2, 0) is 6.18 Å². The lowest BCUT2D eigenvalue weighted by Gasteiger charge is -2.17. The van der Waals surface area contributed by atoms with Crippen LogP contribution in [0.5, 0.6) is 5.75 Å². The van der Waals surface area contributed by atoms with Crippen molar-refractivity contribution in [3.63, 3.8) is 0 Å². The maximum absolute atomic E-state index is 14.0. The molecule has 0 aliphatic rings. The molecule has 120 valence electrons. The highest BCUT2D eigenvalue weighted by Gasteiger charge is 2.30. The first-order valence-electron chi connectivity index (χ1n) is 6.99. The summed E-state index contributed by atoms with van der Waals surface area (Å²) in [5.74, 6) is -0.292. The monoisotopic (exact) mass is 322 g/mol. The van der Waals surface area contributed by atoms with Crippen molar-refractivity contribution in [3.05, 3.63) is 47.3 Å². The first-order chi connectivity index (χ1) is 10.6. The van der Waals surface area contributed by atoms with E-state index in [1.807, 2.05) is 13.8 Å². The van der Waals surface area contributed by atoms with Crippen molar-refractivity contribution < 1.29 is 22.3 Å². The average Bonchev–Trinajstić information content (AvgIpc) is 2.45. The van der Waals surface area contributed by atoms with Crippen LogP contribution in [0.2, 0.25) is 0 Å². The summed E-state index contributed by atoms with van der Waals surface area (Å²) in [4.78, 5) is 0. The normalized spacial score (nSPS) is 11.8. The number of ether oxygens (including phenoxy) is 1. The molecule has 0 N–H and O–H groups in total. The Hall–Kier alpha value is -1.98. The van der Waals surface area contributed by atoms with Gasteiger partial charge in [0, 0.05) is 11.6 Å². The fraction of sp³-hybridized carbons (Fsp3) is 0.294. The zero-order chi connectivity index (χ0) is 17.4. The van der Waals surface area contributed by atoms with Gasteiger partial charge in [0.2, 0.25) is 0 Å². The van der Waals surface area contributed by atoms with E-state index in [4.69, 9.17) is 12.6 Å². The zero-order valence-electron chi connectivity index (χ0n) is 13.0. The van der Waals surface area contributed by atoms with E-state index < -0.39 is 17.6 Å². The molecule has 0 aliphatic carbocycles. The largest absolute Gasteiger partial charge is 0.496 e. The third-order valence-electron chi connectivity index (χ3n) is 3.61. The summed E-state index contributed by atoms with van der Waals surface area (Å²) >= 11 is 0. The molecule has 0 spiro atoms. The summed E-state index contributed by atoms with van der Waals surface area (Å²) in [6, 6.07) is 5.88. The number of methoxy groups -OCH3 is 1. The molecule has 2 aromatic rings. The first kappa shape index (κ1) is 17.4. The van der Waals surface area contributed by atoms with Gasteiger partial charge in [0.15, 0.2) is 0 Å². The van der Waals surface area contributed by atoms with Crippen molar-refractivity contribution in [2.45, 2.75) is 25.9 Å². The van der Waals surface area contributed by atoms with Crippen LogP contribution in [0.25, 0.3) is 11.1 Å². The SMILES string of the molecule is [B]c1cc(C(F)(F)F)ccc1-c1cc(C(C)C)c(F)cc1OC. The molecule has 0 atom stereocenters. The quantitative estimate of drug-likeness (QED) is 0.600. The van der Waals surface area contributed by atoms with Gasteiger partial charge in [0.25, 0.3) is 0 Å². The minimum absolute atomic E-state index is 0.0422. The molecule has 2 rings (SSSR count). The molecule has 0 unspecified atom stereocenters. The Balaban J connectivity index is 2.64. The summed E-state index contributed by atoms with van der Waals surface area (Å²) in [7, 11) is 7.16. The van der Waals surface area contributed by atoms with E-state index >= 15 is 0 Å². The van der Waals surface area contributed by atoms with E-state index in [9.17, 15) is 17.6 Å². The molecule has 0 saturated heterocycles. The van der Waals surface area contributed by atoms with E-state index in [2.05, 4.69) is 0 Å². The van der Waals surface area contributed by atoms with Gasteiger partial charge in [-0.05, 0) is 29.2 Å². The van der Waals surface area contributed by atoms with Crippen LogP contribution in [0.1, 0.15) is 30.9 Å². The molecule has 6 heteroatoms. The predicted molar refractivity (Wildman–Crippen MR) is 82.9 cm³/mol. The number of alkyl halides is 3. The van der Waals surface area contributed by atoms with Crippen LogP contribution < -0.4 is 10.2 Å². The van der Waals surface area contributed by atoms with Gasteiger partial charge in [-0.15, -0.1) is 0 Å². The van der Waals surface area contributed by atoms with Gasteiger partial charge in [0.05, 0.1) is 12.7 Å². The third-order valence-corrected chi connectivity index (χ3v) is 3.61. The fourth-order valence-corrected chi connectivity index (χ4v) is 2.38. The second kappa shape index (κ2) is 6.26. The van der Waals surface area contributed by atoms with Crippen LogP contribution in [0, 0.1) is 5.82 Å². The summed E-state index contributed by atoms with van der Waals surface area (Å²) < 4.78 is 57.4. The lowest BCUT2D eigenvalue weighted by Crippen LogP contribution is -2.14. The molecule has 0 amide bonds. The van der Waals surface area contributed by atoms with Gasteiger partial charge in [-0.2, -0.15) is 13.2 Å². The lowest BCUT2D eigenvalue weighted by molar-refractivity contribution is -0.137. The van der Waals surface area contributed by atoms with Crippen LogP contribution in [0.4, 0.5) is 17.6 Å². The van der Waals surface area contributed by atoms with Crippen molar-refractivity contribution >= 4 is 13.3 Å². The van der Waals surface area contributed by atoms with Crippen LogP contribution >= 0.6 is 0 Å². The molecule has 0 saturated carbocycles. The third kappa shape index (κ3) is 3.51. The number of halogens is 4. The van der Waals surface area contributed by atoms with Crippen LogP contribution in [0.3, 0.4) is 0 Å². The average molecular weight is 322 g/mol. The highest BCUT2D eigenvalue weighted by Crippen LogP contribution is 2.35. The zero-order valence-corrected chi connectivity index (χ0v) is 13.0. The molecule has 0 heterocycles. The summed E-state index contributed by atoms with van der Waals surface area (Å²) in [6.07, 6.45) is -4.47. The maximum atomic E-state index is 14.0. The maximum Gasteiger partial charge on any atom is 0.416 e. The fourth-order valence-electron chi connectivity index (χ4n) is 2.38. The van der Waals surface area contributed by atoms with Gasteiger partial charge in [-0.3, -0.25) is 0 Å². The van der Waals surface area contributed by atoms with Gasteiger partial charge in [-0.1, -0.05) is 31.4 Å². The topological polar surface area (TPSA) is 9.23 Å². The minimum atomic E-state index is -4.47. The molecule has 0 aliphatic heterocycles. The van der Waals surface area contributed by atoms with E-state index in [1.165, 1.54) is 19.2 Å². The molecule has 2 aromatic carbocycles. The van der Waals surface area contributed by atoms with Crippen LogP contribution in [0.15, 0.2) is 30.3 Å². The van der Waals surface area contributed by atoms with Gasteiger partial charge in [-0.25, -0.2) is 4.39 Å². The van der Waals surface area contributed by atoms with Crippen LogP contribution in [-0.4, -0.2) is 15.0 Å². The molecule has 23 heavy (non-hydrogen) atoms. The smallest absolute Gasteiger partial charge is 0.416 e. The van der Waals surface area contributed by atoms with Crippen molar-refractivity contribution in [1.29, 1.82) is 0 Å².